The van der Waals surface area contributed by atoms with E-state index in [1.54, 1.807) is 16.8 Å². The largest absolute Gasteiger partial charge is 0.326 e. The maximum absolute atomic E-state index is 13.9. The molecule has 1 saturated carbocycles. The fourth-order valence-corrected chi connectivity index (χ4v) is 3.23. The lowest BCUT2D eigenvalue weighted by atomic mass is 10.1. The van der Waals surface area contributed by atoms with Gasteiger partial charge in [0, 0.05) is 17.6 Å². The lowest BCUT2D eigenvalue weighted by Crippen LogP contribution is -2.18. The van der Waals surface area contributed by atoms with Crippen LogP contribution in [0.5, 0.6) is 0 Å². The minimum absolute atomic E-state index is 0.293. The van der Waals surface area contributed by atoms with E-state index in [9.17, 15) is 4.39 Å². The summed E-state index contributed by atoms with van der Waals surface area (Å²) < 4.78 is 15.7. The zero-order valence-electron chi connectivity index (χ0n) is 17.4. The van der Waals surface area contributed by atoms with Crippen molar-refractivity contribution in [2.45, 2.75) is 40.5 Å². The van der Waals surface area contributed by atoms with Crippen molar-refractivity contribution in [3.05, 3.63) is 60.2 Å². The molecule has 6 heteroatoms. The summed E-state index contributed by atoms with van der Waals surface area (Å²) in [5, 5.41) is 8.71. The zero-order valence-corrected chi connectivity index (χ0v) is 17.4. The van der Waals surface area contributed by atoms with Crippen LogP contribution in [0.2, 0.25) is 0 Å². The zero-order chi connectivity index (χ0) is 20.6. The average molecular weight is 391 g/mol. The summed E-state index contributed by atoms with van der Waals surface area (Å²) in [6.45, 7) is 9.39. The number of fused-ring (bicyclic) bond motifs is 3. The number of nitrogens with zero attached hydrogens (tertiary/aromatic N) is 5. The van der Waals surface area contributed by atoms with Crippen LogP contribution >= 0.6 is 0 Å². The first-order chi connectivity index (χ1) is 13.9. The summed E-state index contributed by atoms with van der Waals surface area (Å²) in [4.78, 5) is 6.69. The van der Waals surface area contributed by atoms with Gasteiger partial charge in [-0.15, -0.1) is 10.2 Å². The topological polar surface area (TPSA) is 46.3 Å². The highest BCUT2D eigenvalue weighted by atomic mass is 19.1. The van der Waals surface area contributed by atoms with Gasteiger partial charge in [-0.2, -0.15) is 4.98 Å². The molecular weight excluding hydrogens is 365 g/mol. The number of halogens is 1. The molecule has 1 fully saturated rings. The summed E-state index contributed by atoms with van der Waals surface area (Å²) >= 11 is 0. The van der Waals surface area contributed by atoms with Crippen LogP contribution in [-0.2, 0) is 0 Å². The van der Waals surface area contributed by atoms with Gasteiger partial charge in [0.2, 0.25) is 0 Å². The van der Waals surface area contributed by atoms with Crippen LogP contribution in [0.15, 0.2) is 48.8 Å². The minimum atomic E-state index is -0.293. The van der Waals surface area contributed by atoms with Crippen molar-refractivity contribution in [3.8, 4) is 0 Å². The second kappa shape index (κ2) is 7.43. The van der Waals surface area contributed by atoms with Crippen LogP contribution < -0.4 is 4.90 Å². The summed E-state index contributed by atoms with van der Waals surface area (Å²) in [6, 6.07) is 12.8. The van der Waals surface area contributed by atoms with Crippen molar-refractivity contribution < 1.29 is 4.39 Å². The van der Waals surface area contributed by atoms with E-state index < -0.39 is 0 Å². The molecule has 0 atom stereocenters. The average Bonchev–Trinajstić information content (AvgIpc) is 3.18. The fraction of sp³-hybridized carbons (Fsp3) is 0.348. The van der Waals surface area contributed by atoms with Gasteiger partial charge in [-0.3, -0.25) is 4.40 Å². The van der Waals surface area contributed by atoms with Gasteiger partial charge in [-0.25, -0.2) is 4.39 Å². The maximum atomic E-state index is 13.9. The molecule has 4 aromatic rings. The molecular formula is C23H26FN5. The molecule has 0 saturated heterocycles. The second-order valence-corrected chi connectivity index (χ2v) is 8.35. The maximum Gasteiger partial charge on any atom is 0.257 e. The normalized spacial score (nSPS) is 14.5. The van der Waals surface area contributed by atoms with Crippen LogP contribution in [-0.4, -0.2) is 26.1 Å². The third kappa shape index (κ3) is 4.06. The molecule has 29 heavy (non-hydrogen) atoms. The third-order valence-electron chi connectivity index (χ3n) is 5.33. The number of rotatable bonds is 3. The van der Waals surface area contributed by atoms with Crippen molar-refractivity contribution in [3.63, 3.8) is 0 Å². The molecule has 5 nitrogen and oxygen atoms in total. The van der Waals surface area contributed by atoms with Crippen molar-refractivity contribution in [1.29, 1.82) is 0 Å². The Hall–Kier alpha value is -3.02. The summed E-state index contributed by atoms with van der Waals surface area (Å²) in [5.41, 5.74) is 3.75. The van der Waals surface area contributed by atoms with Gasteiger partial charge in [0.25, 0.3) is 5.78 Å². The smallest absolute Gasteiger partial charge is 0.257 e. The Morgan fingerprint density at radius 2 is 1.90 bits per heavy atom. The van der Waals surface area contributed by atoms with Crippen LogP contribution in [0.1, 0.15) is 39.2 Å². The molecule has 2 aromatic heterocycles. The number of benzene rings is 2. The molecule has 2 heterocycles. The highest BCUT2D eigenvalue weighted by molar-refractivity contribution is 5.93. The molecule has 0 bridgehead atoms. The molecule has 0 radical (unpaired) electrons. The Bertz CT molecular complexity index is 1160. The van der Waals surface area contributed by atoms with E-state index in [1.807, 2.05) is 32.0 Å². The first kappa shape index (κ1) is 19.3. The highest BCUT2D eigenvalue weighted by Gasteiger charge is 2.30. The van der Waals surface area contributed by atoms with Crippen LogP contribution in [0.4, 0.5) is 15.9 Å². The second-order valence-electron chi connectivity index (χ2n) is 8.35. The monoisotopic (exact) mass is 391 g/mol. The molecule has 0 amide bonds. The van der Waals surface area contributed by atoms with Gasteiger partial charge in [-0.1, -0.05) is 26.0 Å². The molecule has 0 unspecified atom stereocenters. The van der Waals surface area contributed by atoms with Crippen molar-refractivity contribution in [1.82, 2.24) is 19.6 Å². The van der Waals surface area contributed by atoms with Crippen LogP contribution in [0, 0.1) is 18.2 Å². The van der Waals surface area contributed by atoms with E-state index in [0.717, 1.165) is 27.6 Å². The summed E-state index contributed by atoms with van der Waals surface area (Å²) in [7, 11) is 0. The molecule has 2 aromatic carbocycles. The van der Waals surface area contributed by atoms with Gasteiger partial charge in [0.1, 0.15) is 18.0 Å². The lowest BCUT2D eigenvalue weighted by Gasteiger charge is -2.24. The van der Waals surface area contributed by atoms with Crippen LogP contribution in [0.3, 0.4) is 0 Å². The predicted octanol–water partition coefficient (Wildman–Crippen LogP) is 5.69. The first-order valence-corrected chi connectivity index (χ1v) is 10.0. The van der Waals surface area contributed by atoms with Crippen molar-refractivity contribution in [2.24, 2.45) is 5.41 Å². The fourth-order valence-electron chi connectivity index (χ4n) is 3.23. The minimum Gasteiger partial charge on any atom is -0.326 e. The Balaban J connectivity index is 0.000000359. The number of aryl methyl sites for hydroxylation is 1. The Morgan fingerprint density at radius 3 is 2.55 bits per heavy atom. The SMILES string of the molecule is CC1(C)CC1.CCN(c1cccc(C)c1)c1nc2nncn2c2ccc(F)cc12. The van der Waals surface area contributed by atoms with Crippen molar-refractivity contribution in [2.75, 3.05) is 11.4 Å². The summed E-state index contributed by atoms with van der Waals surface area (Å²) in [5.74, 6) is 0.881. The number of hydrogen-bond acceptors (Lipinski definition) is 4. The Labute approximate surface area is 170 Å². The number of hydrogen-bond donors (Lipinski definition) is 0. The molecule has 150 valence electrons. The van der Waals surface area contributed by atoms with Gasteiger partial charge in [0.15, 0.2) is 0 Å². The van der Waals surface area contributed by atoms with E-state index in [-0.39, 0.29) is 5.82 Å². The lowest BCUT2D eigenvalue weighted by molar-refractivity contribution is 0.629. The molecule has 0 N–H and O–H groups in total. The molecule has 0 spiro atoms. The van der Waals surface area contributed by atoms with Crippen molar-refractivity contribution >= 4 is 28.2 Å². The van der Waals surface area contributed by atoms with E-state index >= 15 is 0 Å². The van der Waals surface area contributed by atoms with Gasteiger partial charge < -0.3 is 4.90 Å². The van der Waals surface area contributed by atoms with E-state index in [0.29, 0.717) is 18.1 Å². The number of anilines is 2. The molecule has 1 aliphatic rings. The Morgan fingerprint density at radius 1 is 1.14 bits per heavy atom. The predicted molar refractivity (Wildman–Crippen MR) is 115 cm³/mol. The van der Waals surface area contributed by atoms with Crippen LogP contribution in [0.25, 0.3) is 16.7 Å². The molecule has 5 rings (SSSR count). The Kier molecular flexibility index (Phi) is 4.94. The first-order valence-electron chi connectivity index (χ1n) is 10.0. The molecule has 0 aliphatic heterocycles. The molecule has 1 aliphatic carbocycles. The van der Waals surface area contributed by atoms with E-state index in [1.165, 1.54) is 25.0 Å². The van der Waals surface area contributed by atoms with E-state index in [4.69, 9.17) is 0 Å². The third-order valence-corrected chi connectivity index (χ3v) is 5.33. The quantitative estimate of drug-likeness (QED) is 0.450. The highest BCUT2D eigenvalue weighted by Crippen LogP contribution is 2.43. The van der Waals surface area contributed by atoms with E-state index in [2.05, 4.69) is 40.0 Å². The summed E-state index contributed by atoms with van der Waals surface area (Å²) in [6.07, 6.45) is 4.50. The van der Waals surface area contributed by atoms with Gasteiger partial charge in [0.05, 0.1) is 5.52 Å². The van der Waals surface area contributed by atoms with Gasteiger partial charge in [-0.05, 0) is 68.0 Å². The van der Waals surface area contributed by atoms with Gasteiger partial charge >= 0.3 is 0 Å². The standard InChI is InChI=1S/C18H16FN5.C5H10/c1-3-23(14-6-4-5-12(2)9-14)17-15-10-13(19)7-8-16(15)24-11-20-22-18(24)21-17;1-5(2)3-4-5/h4-11H,3H2,1-2H3;3-4H2,1-2H3. The number of aromatic nitrogens is 4.